The number of halogens is 1. The van der Waals surface area contributed by atoms with Crippen molar-refractivity contribution in [3.05, 3.63) is 59.4 Å². The molecule has 158 valence electrons. The summed E-state index contributed by atoms with van der Waals surface area (Å²) >= 11 is 5.98. The molecule has 1 aromatic carbocycles. The van der Waals surface area contributed by atoms with Crippen molar-refractivity contribution in [3.8, 4) is 0 Å². The zero-order valence-electron chi connectivity index (χ0n) is 17.4. The Kier molecular flexibility index (Phi) is 6.31. The molecule has 30 heavy (non-hydrogen) atoms. The van der Waals surface area contributed by atoms with E-state index in [1.54, 1.807) is 32.9 Å². The Bertz CT molecular complexity index is 1070. The second kappa shape index (κ2) is 8.75. The Labute approximate surface area is 180 Å². The maximum atomic E-state index is 13.0. The number of rotatable bonds is 5. The average Bonchev–Trinajstić information content (AvgIpc) is 2.96. The molecule has 0 aliphatic rings. The first kappa shape index (κ1) is 21.6. The number of para-hydroxylation sites is 1. The number of pyridine rings is 1. The number of aryl methyl sites for hydroxylation is 1. The lowest BCUT2D eigenvalue weighted by atomic mass is 10.0. The monoisotopic (exact) mass is 428 g/mol. The van der Waals surface area contributed by atoms with Gasteiger partial charge in [0.05, 0.1) is 0 Å². The standard InChI is InChI=1S/C22H25ClN4O3/c1-22(2,3)30-21(29)25-17(20(28)26-19-12-15(23)9-10-24-19)11-14-13-27(4)18-8-6-5-7-16(14)18/h5-10,12-13,17H,11H2,1-4H3,(H,25,29)(H,24,26,28). The molecule has 0 saturated heterocycles. The van der Waals surface area contributed by atoms with E-state index in [4.69, 9.17) is 16.3 Å². The van der Waals surface area contributed by atoms with Crippen molar-refractivity contribution < 1.29 is 14.3 Å². The average molecular weight is 429 g/mol. The van der Waals surface area contributed by atoms with E-state index in [0.29, 0.717) is 10.8 Å². The lowest BCUT2D eigenvalue weighted by Gasteiger charge is -2.23. The predicted octanol–water partition coefficient (Wildman–Crippen LogP) is 4.30. The second-order valence-corrected chi connectivity index (χ2v) is 8.47. The highest BCUT2D eigenvalue weighted by molar-refractivity contribution is 6.30. The third kappa shape index (κ3) is 5.51. The maximum Gasteiger partial charge on any atom is 0.408 e. The van der Waals surface area contributed by atoms with Gasteiger partial charge in [-0.1, -0.05) is 29.8 Å². The van der Waals surface area contributed by atoms with Crippen LogP contribution in [-0.2, 0) is 23.0 Å². The molecule has 0 bridgehead atoms. The number of carbonyl (C=O) groups excluding carboxylic acids is 2. The van der Waals surface area contributed by atoms with Crippen LogP contribution in [0.4, 0.5) is 10.6 Å². The zero-order valence-corrected chi connectivity index (χ0v) is 18.2. The highest BCUT2D eigenvalue weighted by Crippen LogP contribution is 2.22. The molecule has 2 heterocycles. The van der Waals surface area contributed by atoms with Gasteiger partial charge >= 0.3 is 6.09 Å². The van der Waals surface area contributed by atoms with E-state index in [2.05, 4.69) is 15.6 Å². The van der Waals surface area contributed by atoms with E-state index in [0.717, 1.165) is 16.5 Å². The minimum atomic E-state index is -0.869. The van der Waals surface area contributed by atoms with Crippen molar-refractivity contribution >= 4 is 40.3 Å². The first-order valence-electron chi connectivity index (χ1n) is 9.57. The smallest absolute Gasteiger partial charge is 0.408 e. The Hall–Kier alpha value is -3.06. The minimum Gasteiger partial charge on any atom is -0.444 e. The summed E-state index contributed by atoms with van der Waals surface area (Å²) in [6.45, 7) is 5.30. The molecule has 2 amide bonds. The number of ether oxygens (including phenoxy) is 1. The van der Waals surface area contributed by atoms with Gasteiger partial charge in [0.25, 0.3) is 0 Å². The molecule has 0 radical (unpaired) electrons. The number of nitrogens with one attached hydrogen (secondary N) is 2. The summed E-state index contributed by atoms with van der Waals surface area (Å²) in [5.74, 6) is -0.107. The van der Waals surface area contributed by atoms with Gasteiger partial charge in [-0.3, -0.25) is 4.79 Å². The Morgan fingerprint density at radius 1 is 1.23 bits per heavy atom. The van der Waals surface area contributed by atoms with Gasteiger partial charge in [0.1, 0.15) is 17.5 Å². The van der Waals surface area contributed by atoms with Crippen LogP contribution in [0.2, 0.25) is 5.02 Å². The van der Waals surface area contributed by atoms with Crippen molar-refractivity contribution in [2.24, 2.45) is 7.05 Å². The zero-order chi connectivity index (χ0) is 21.9. The summed E-state index contributed by atoms with van der Waals surface area (Å²) in [6.07, 6.45) is 3.08. The summed E-state index contributed by atoms with van der Waals surface area (Å²) < 4.78 is 7.34. The fraction of sp³-hybridized carbons (Fsp3) is 0.318. The highest BCUT2D eigenvalue weighted by Gasteiger charge is 2.26. The molecular weight excluding hydrogens is 404 g/mol. The van der Waals surface area contributed by atoms with Crippen LogP contribution >= 0.6 is 11.6 Å². The molecule has 3 aromatic rings. The topological polar surface area (TPSA) is 85.2 Å². The number of carbonyl (C=O) groups is 2. The van der Waals surface area contributed by atoms with Crippen LogP contribution in [0.5, 0.6) is 0 Å². The second-order valence-electron chi connectivity index (χ2n) is 8.03. The molecule has 0 saturated carbocycles. The van der Waals surface area contributed by atoms with Gasteiger partial charge in [0.2, 0.25) is 5.91 Å². The molecule has 2 aromatic heterocycles. The summed E-state index contributed by atoms with van der Waals surface area (Å²) in [6, 6.07) is 10.2. The summed E-state index contributed by atoms with van der Waals surface area (Å²) in [4.78, 5) is 29.5. The van der Waals surface area contributed by atoms with Crippen molar-refractivity contribution in [1.29, 1.82) is 0 Å². The van der Waals surface area contributed by atoms with Crippen LogP contribution in [0.3, 0.4) is 0 Å². The Balaban J connectivity index is 1.86. The third-order valence-electron chi connectivity index (χ3n) is 4.38. The molecular formula is C22H25ClN4O3. The van der Waals surface area contributed by atoms with Crippen LogP contribution in [0.25, 0.3) is 10.9 Å². The van der Waals surface area contributed by atoms with Crippen molar-refractivity contribution in [1.82, 2.24) is 14.9 Å². The molecule has 7 nitrogen and oxygen atoms in total. The molecule has 1 unspecified atom stereocenters. The first-order valence-corrected chi connectivity index (χ1v) is 9.95. The molecule has 0 aliphatic heterocycles. The number of alkyl carbamates (subject to hydrolysis) is 1. The van der Waals surface area contributed by atoms with E-state index in [9.17, 15) is 9.59 Å². The van der Waals surface area contributed by atoms with Gasteiger partial charge < -0.3 is 19.9 Å². The number of hydrogen-bond donors (Lipinski definition) is 2. The van der Waals surface area contributed by atoms with Gasteiger partial charge in [-0.2, -0.15) is 0 Å². The van der Waals surface area contributed by atoms with Gasteiger partial charge in [-0.25, -0.2) is 9.78 Å². The fourth-order valence-corrected chi connectivity index (χ4v) is 3.31. The maximum absolute atomic E-state index is 13.0. The largest absolute Gasteiger partial charge is 0.444 e. The summed E-state index contributed by atoms with van der Waals surface area (Å²) in [7, 11) is 1.94. The van der Waals surface area contributed by atoms with Crippen molar-refractivity contribution in [3.63, 3.8) is 0 Å². The SMILES string of the molecule is Cn1cc(CC(NC(=O)OC(C)(C)C)C(=O)Nc2cc(Cl)ccn2)c2ccccc21. The number of benzene rings is 1. The third-order valence-corrected chi connectivity index (χ3v) is 4.62. The molecule has 1 atom stereocenters. The Morgan fingerprint density at radius 2 is 1.97 bits per heavy atom. The van der Waals surface area contributed by atoms with E-state index in [-0.39, 0.29) is 6.42 Å². The van der Waals surface area contributed by atoms with Crippen LogP contribution in [0.15, 0.2) is 48.8 Å². The van der Waals surface area contributed by atoms with Gasteiger partial charge in [-0.05, 0) is 44.5 Å². The molecule has 3 rings (SSSR count). The number of amides is 2. The minimum absolute atomic E-state index is 0.285. The van der Waals surface area contributed by atoms with Crippen molar-refractivity contribution in [2.75, 3.05) is 5.32 Å². The lowest BCUT2D eigenvalue weighted by molar-refractivity contribution is -0.118. The fourth-order valence-electron chi connectivity index (χ4n) is 3.15. The van der Waals surface area contributed by atoms with Gasteiger partial charge in [0.15, 0.2) is 0 Å². The van der Waals surface area contributed by atoms with E-state index < -0.39 is 23.6 Å². The number of hydrogen-bond acceptors (Lipinski definition) is 4. The van der Waals surface area contributed by atoms with Crippen molar-refractivity contribution in [2.45, 2.75) is 38.8 Å². The quantitative estimate of drug-likeness (QED) is 0.634. The van der Waals surface area contributed by atoms with E-state index in [1.165, 1.54) is 6.20 Å². The number of anilines is 1. The molecule has 8 heteroatoms. The van der Waals surface area contributed by atoms with Gasteiger partial charge in [0, 0.05) is 41.8 Å². The van der Waals surface area contributed by atoms with E-state index >= 15 is 0 Å². The predicted molar refractivity (Wildman–Crippen MR) is 118 cm³/mol. The number of aromatic nitrogens is 2. The highest BCUT2D eigenvalue weighted by atomic mass is 35.5. The van der Waals surface area contributed by atoms with Gasteiger partial charge in [-0.15, -0.1) is 0 Å². The van der Waals surface area contributed by atoms with Crippen LogP contribution in [0.1, 0.15) is 26.3 Å². The van der Waals surface area contributed by atoms with Crippen LogP contribution < -0.4 is 10.6 Å². The Morgan fingerprint density at radius 3 is 2.67 bits per heavy atom. The number of fused-ring (bicyclic) bond motifs is 1. The molecule has 2 N–H and O–H groups in total. The molecule has 0 spiro atoms. The number of nitrogens with zero attached hydrogens (tertiary/aromatic N) is 2. The molecule has 0 fully saturated rings. The normalized spacial score (nSPS) is 12.4. The molecule has 0 aliphatic carbocycles. The summed E-state index contributed by atoms with van der Waals surface area (Å²) in [5, 5.41) is 6.87. The van der Waals surface area contributed by atoms with Crippen LogP contribution in [0, 0.1) is 0 Å². The van der Waals surface area contributed by atoms with E-state index in [1.807, 2.05) is 42.1 Å². The first-order chi connectivity index (χ1) is 14.1. The lowest BCUT2D eigenvalue weighted by Crippen LogP contribution is -2.47. The summed E-state index contributed by atoms with van der Waals surface area (Å²) in [5.41, 5.74) is 1.29. The van der Waals surface area contributed by atoms with Crippen LogP contribution in [-0.4, -0.2) is 33.2 Å².